The first-order valence-corrected chi connectivity index (χ1v) is 11.3. The Labute approximate surface area is 200 Å². The predicted octanol–water partition coefficient (Wildman–Crippen LogP) is 4.17. The number of hydrogen-bond acceptors (Lipinski definition) is 7. The van der Waals surface area contributed by atoms with Gasteiger partial charge in [0.1, 0.15) is 17.1 Å². The van der Waals surface area contributed by atoms with Gasteiger partial charge in [-0.1, -0.05) is 0 Å². The number of nitrogens with two attached hydrogens (primary N) is 1. The summed E-state index contributed by atoms with van der Waals surface area (Å²) in [5, 5.41) is 29.7. The van der Waals surface area contributed by atoms with Gasteiger partial charge < -0.3 is 30.2 Å². The maximum absolute atomic E-state index is 13.4. The first-order valence-electron chi connectivity index (χ1n) is 9.76. The van der Waals surface area contributed by atoms with Gasteiger partial charge in [0, 0.05) is 42.9 Å². The van der Waals surface area contributed by atoms with E-state index in [0.717, 1.165) is 0 Å². The van der Waals surface area contributed by atoms with Crippen LogP contribution < -0.4 is 10.5 Å². The van der Waals surface area contributed by atoms with E-state index in [1.54, 1.807) is 0 Å². The average molecular weight is 571 g/mol. The first kappa shape index (κ1) is 24.1. The molecule has 0 spiro atoms. The number of amides is 1. The molecule has 3 aromatic rings. The number of aryl methyl sites for hydroxylation is 1. The number of aromatic hydroxyl groups is 2. The van der Waals surface area contributed by atoms with E-state index in [-0.39, 0.29) is 60.2 Å². The highest BCUT2D eigenvalue weighted by atomic mass is 79.9. The Morgan fingerprint density at radius 3 is 2.38 bits per heavy atom. The minimum Gasteiger partial charge on any atom is -0.506 e. The van der Waals surface area contributed by atoms with Crippen LogP contribution in [0, 0.1) is 0 Å². The standard InChI is InChI=1S/C22H21Br2NO7/c23-13-7-11(8-14(24)22(13)30)21(29)20-12-9-15(27)18(31-6-2-5-26)10-17(12)32-16(20)3-1-4-19(25)28/h7-10,26-27,30H,1-6H2,(H2,25,28). The number of primary amides is 1. The second kappa shape index (κ2) is 10.4. The molecule has 10 heteroatoms. The molecule has 0 aliphatic rings. The fourth-order valence-electron chi connectivity index (χ4n) is 3.21. The summed E-state index contributed by atoms with van der Waals surface area (Å²) in [5.74, 6) is -0.550. The summed E-state index contributed by atoms with van der Waals surface area (Å²) < 4.78 is 12.1. The molecular weight excluding hydrogens is 550 g/mol. The lowest BCUT2D eigenvalue weighted by molar-refractivity contribution is -0.118. The summed E-state index contributed by atoms with van der Waals surface area (Å²) in [5.41, 5.74) is 6.08. The number of phenols is 2. The Kier molecular flexibility index (Phi) is 7.81. The van der Waals surface area contributed by atoms with Crippen molar-refractivity contribution in [1.29, 1.82) is 0 Å². The quantitative estimate of drug-likeness (QED) is 0.211. The van der Waals surface area contributed by atoms with Crippen LogP contribution in [-0.4, -0.2) is 40.2 Å². The number of carbonyl (C=O) groups excluding carboxylic acids is 2. The van der Waals surface area contributed by atoms with Crippen LogP contribution in [0.15, 0.2) is 37.6 Å². The van der Waals surface area contributed by atoms with Crippen molar-refractivity contribution in [3.05, 3.63) is 50.1 Å². The molecule has 1 amide bonds. The normalized spacial score (nSPS) is 11.1. The lowest BCUT2D eigenvalue weighted by atomic mass is 9.98. The molecule has 170 valence electrons. The van der Waals surface area contributed by atoms with E-state index in [2.05, 4.69) is 31.9 Å². The molecule has 32 heavy (non-hydrogen) atoms. The van der Waals surface area contributed by atoms with Gasteiger partial charge in [-0.05, 0) is 56.5 Å². The molecule has 0 radical (unpaired) electrons. The van der Waals surface area contributed by atoms with Gasteiger partial charge in [-0.3, -0.25) is 9.59 Å². The number of halogens is 2. The third-order valence-corrected chi connectivity index (χ3v) is 5.94. The largest absolute Gasteiger partial charge is 0.506 e. The van der Waals surface area contributed by atoms with Gasteiger partial charge in [0.2, 0.25) is 5.91 Å². The zero-order valence-corrected chi connectivity index (χ0v) is 20.0. The van der Waals surface area contributed by atoms with E-state index in [1.165, 1.54) is 24.3 Å². The fourth-order valence-corrected chi connectivity index (χ4v) is 4.40. The van der Waals surface area contributed by atoms with E-state index in [0.29, 0.717) is 38.5 Å². The second-order valence-electron chi connectivity index (χ2n) is 7.08. The van der Waals surface area contributed by atoms with Gasteiger partial charge in [0.25, 0.3) is 0 Å². The highest BCUT2D eigenvalue weighted by molar-refractivity contribution is 9.11. The van der Waals surface area contributed by atoms with Crippen molar-refractivity contribution in [2.45, 2.75) is 25.7 Å². The van der Waals surface area contributed by atoms with Gasteiger partial charge >= 0.3 is 0 Å². The van der Waals surface area contributed by atoms with Crippen molar-refractivity contribution in [2.24, 2.45) is 5.73 Å². The molecule has 0 bridgehead atoms. The summed E-state index contributed by atoms with van der Waals surface area (Å²) in [6.45, 7) is 0.146. The van der Waals surface area contributed by atoms with Crippen LogP contribution >= 0.6 is 31.9 Å². The van der Waals surface area contributed by atoms with Crippen molar-refractivity contribution in [3.63, 3.8) is 0 Å². The number of phenolic OH excluding ortho intramolecular Hbond substituents is 2. The third kappa shape index (κ3) is 5.25. The van der Waals surface area contributed by atoms with E-state index >= 15 is 0 Å². The Morgan fingerprint density at radius 2 is 1.75 bits per heavy atom. The second-order valence-corrected chi connectivity index (χ2v) is 8.79. The zero-order valence-electron chi connectivity index (χ0n) is 16.9. The summed E-state index contributed by atoms with van der Waals surface area (Å²) in [6.07, 6.45) is 1.18. The first-order chi connectivity index (χ1) is 15.2. The molecule has 0 aliphatic heterocycles. The van der Waals surface area contributed by atoms with Gasteiger partial charge in [-0.25, -0.2) is 0 Å². The monoisotopic (exact) mass is 569 g/mol. The molecule has 0 saturated carbocycles. The van der Waals surface area contributed by atoms with Crippen LogP contribution in [0.1, 0.15) is 40.9 Å². The van der Waals surface area contributed by atoms with Crippen LogP contribution in [0.2, 0.25) is 0 Å². The molecule has 0 unspecified atom stereocenters. The van der Waals surface area contributed by atoms with Crippen molar-refractivity contribution < 1.29 is 34.1 Å². The minimum absolute atomic E-state index is 0.0393. The van der Waals surface area contributed by atoms with E-state index in [4.69, 9.17) is 20.0 Å². The molecule has 0 fully saturated rings. The maximum Gasteiger partial charge on any atom is 0.217 e. The van der Waals surface area contributed by atoms with Crippen LogP contribution in [0.4, 0.5) is 0 Å². The van der Waals surface area contributed by atoms with Crippen LogP contribution in [0.3, 0.4) is 0 Å². The van der Waals surface area contributed by atoms with E-state index < -0.39 is 5.91 Å². The number of benzene rings is 2. The molecule has 1 aromatic heterocycles. The summed E-state index contributed by atoms with van der Waals surface area (Å²) in [7, 11) is 0. The van der Waals surface area contributed by atoms with Gasteiger partial charge in [-0.2, -0.15) is 0 Å². The topological polar surface area (TPSA) is 143 Å². The molecule has 0 atom stereocenters. The van der Waals surface area contributed by atoms with Crippen molar-refractivity contribution >= 4 is 54.5 Å². The number of ketones is 1. The molecule has 8 nitrogen and oxygen atoms in total. The maximum atomic E-state index is 13.4. The van der Waals surface area contributed by atoms with Crippen LogP contribution in [0.25, 0.3) is 11.0 Å². The minimum atomic E-state index is -0.461. The van der Waals surface area contributed by atoms with Crippen LogP contribution in [0.5, 0.6) is 17.2 Å². The zero-order chi connectivity index (χ0) is 23.4. The molecular formula is C22H21Br2NO7. The molecule has 0 saturated heterocycles. The van der Waals surface area contributed by atoms with E-state index in [9.17, 15) is 19.8 Å². The Morgan fingerprint density at radius 1 is 1.06 bits per heavy atom. The smallest absolute Gasteiger partial charge is 0.217 e. The number of aliphatic hydroxyl groups is 1. The molecule has 2 aromatic carbocycles. The molecule has 0 aliphatic carbocycles. The number of aliphatic hydroxyl groups excluding tert-OH is 1. The number of carbonyl (C=O) groups is 2. The summed E-state index contributed by atoms with van der Waals surface area (Å²) >= 11 is 6.45. The van der Waals surface area contributed by atoms with Gasteiger partial charge in [0.15, 0.2) is 17.3 Å². The number of furan rings is 1. The average Bonchev–Trinajstić information content (AvgIpc) is 3.08. The number of rotatable bonds is 10. The van der Waals surface area contributed by atoms with Crippen molar-refractivity contribution in [2.75, 3.05) is 13.2 Å². The number of hydrogen-bond donors (Lipinski definition) is 4. The lowest BCUT2D eigenvalue weighted by Crippen LogP contribution is -2.10. The number of fused-ring (bicyclic) bond motifs is 1. The predicted molar refractivity (Wildman–Crippen MR) is 124 cm³/mol. The van der Waals surface area contributed by atoms with Crippen molar-refractivity contribution in [1.82, 2.24) is 0 Å². The van der Waals surface area contributed by atoms with E-state index in [1.807, 2.05) is 0 Å². The van der Waals surface area contributed by atoms with Gasteiger partial charge in [-0.15, -0.1) is 0 Å². The number of ether oxygens (including phenoxy) is 1. The highest BCUT2D eigenvalue weighted by Gasteiger charge is 2.25. The Balaban J connectivity index is 2.09. The molecule has 3 rings (SSSR count). The van der Waals surface area contributed by atoms with Gasteiger partial charge in [0.05, 0.1) is 21.1 Å². The Bertz CT molecular complexity index is 1150. The fraction of sp³-hybridized carbons (Fsp3) is 0.273. The molecule has 1 heterocycles. The SMILES string of the molecule is NC(=O)CCCc1oc2cc(OCCCO)c(O)cc2c1C(=O)c1cc(Br)c(O)c(Br)c1. The van der Waals surface area contributed by atoms with Crippen molar-refractivity contribution in [3.8, 4) is 17.2 Å². The summed E-state index contributed by atoms with van der Waals surface area (Å²) in [4.78, 5) is 24.6. The molecule has 5 N–H and O–H groups in total. The Hall–Kier alpha value is -2.56. The summed E-state index contributed by atoms with van der Waals surface area (Å²) in [6, 6.07) is 5.85. The van der Waals surface area contributed by atoms with Crippen LogP contribution in [-0.2, 0) is 11.2 Å². The highest BCUT2D eigenvalue weighted by Crippen LogP contribution is 2.39. The lowest BCUT2D eigenvalue weighted by Gasteiger charge is -2.08. The third-order valence-electron chi connectivity index (χ3n) is 4.74.